The number of hydrogen-bond donors (Lipinski definition) is 2. The molecule has 3 rings (SSSR count). The number of anilines is 1. The van der Waals surface area contributed by atoms with E-state index in [0.717, 1.165) is 6.07 Å². The van der Waals surface area contributed by atoms with Crippen LogP contribution in [0.5, 0.6) is 0 Å². The molecule has 13 heteroatoms. The van der Waals surface area contributed by atoms with Gasteiger partial charge in [-0.3, -0.25) is 9.59 Å². The van der Waals surface area contributed by atoms with Gasteiger partial charge in [0.15, 0.2) is 11.6 Å². The second-order valence-corrected chi connectivity index (χ2v) is 8.76. The topological polar surface area (TPSA) is 58.2 Å². The van der Waals surface area contributed by atoms with Crippen LogP contribution in [0.3, 0.4) is 0 Å². The Bertz CT molecular complexity index is 1090. The van der Waals surface area contributed by atoms with E-state index in [2.05, 4.69) is 5.32 Å². The smallest absolute Gasteiger partial charge is 0.343 e. The van der Waals surface area contributed by atoms with Gasteiger partial charge in [-0.25, -0.2) is 13.2 Å². The van der Waals surface area contributed by atoms with E-state index in [1.54, 1.807) is 0 Å². The predicted octanol–water partition coefficient (Wildman–Crippen LogP) is 5.58. The highest BCUT2D eigenvalue weighted by molar-refractivity contribution is 6.53. The third kappa shape index (κ3) is 5.07. The van der Waals surface area contributed by atoms with E-state index in [0.29, 0.717) is 17.7 Å². The lowest BCUT2D eigenvalue weighted by atomic mass is 10.1. The minimum atomic E-state index is -4.77. The van der Waals surface area contributed by atoms with E-state index in [-0.39, 0.29) is 5.02 Å². The van der Waals surface area contributed by atoms with Crippen molar-refractivity contribution in [3.63, 3.8) is 0 Å². The van der Waals surface area contributed by atoms with Crippen molar-refractivity contribution in [1.29, 1.82) is 0 Å². The lowest BCUT2D eigenvalue weighted by Gasteiger charge is -2.11. The first-order chi connectivity index (χ1) is 14.7. The number of carbonyl (C=O) groups excluding carboxylic acids is 2. The van der Waals surface area contributed by atoms with Crippen molar-refractivity contribution in [3.8, 4) is 0 Å². The molecule has 2 amide bonds. The molecule has 0 heterocycles. The Hall–Kier alpha value is -2.17. The SMILES string of the molecule is O=C(NCC(F)(F)F)c1cc(NC(=O)[C@H]2[C@H](c3ccc(F)c(Cl)c3)C2(Cl)Cl)cc(F)c1F. The Labute approximate surface area is 191 Å². The summed E-state index contributed by atoms with van der Waals surface area (Å²) in [6.07, 6.45) is -4.77. The molecule has 1 aliphatic rings. The molecule has 1 aliphatic carbocycles. The summed E-state index contributed by atoms with van der Waals surface area (Å²) in [5.74, 6) is -8.30. The molecule has 2 N–H and O–H groups in total. The van der Waals surface area contributed by atoms with Crippen LogP contribution in [0.2, 0.25) is 5.02 Å². The zero-order chi connectivity index (χ0) is 24.0. The summed E-state index contributed by atoms with van der Waals surface area (Å²) >= 11 is 18.0. The number of nitrogens with one attached hydrogen (secondary N) is 2. The lowest BCUT2D eigenvalue weighted by molar-refractivity contribution is -0.123. The highest BCUT2D eigenvalue weighted by Gasteiger charge is 2.67. The van der Waals surface area contributed by atoms with Crippen LogP contribution in [-0.4, -0.2) is 28.9 Å². The molecule has 1 fully saturated rings. The fourth-order valence-electron chi connectivity index (χ4n) is 3.10. The quantitative estimate of drug-likeness (QED) is 0.401. The summed E-state index contributed by atoms with van der Waals surface area (Å²) in [5, 5.41) is 3.37. The molecule has 0 aromatic heterocycles. The maximum absolute atomic E-state index is 13.9. The second kappa shape index (κ2) is 8.64. The maximum Gasteiger partial charge on any atom is 0.405 e. The van der Waals surface area contributed by atoms with Gasteiger partial charge in [-0.05, 0) is 23.8 Å². The lowest BCUT2D eigenvalue weighted by Crippen LogP contribution is -2.34. The monoisotopic (exact) mass is 518 g/mol. The van der Waals surface area contributed by atoms with Crippen LogP contribution in [0.1, 0.15) is 21.8 Å². The Morgan fingerprint density at radius 3 is 2.28 bits per heavy atom. The van der Waals surface area contributed by atoms with Gasteiger partial charge in [0.2, 0.25) is 5.91 Å². The van der Waals surface area contributed by atoms with Crippen LogP contribution >= 0.6 is 34.8 Å². The molecule has 2 aromatic carbocycles. The van der Waals surface area contributed by atoms with Crippen molar-refractivity contribution < 1.29 is 35.9 Å². The molecule has 172 valence electrons. The number of alkyl halides is 5. The average molecular weight is 520 g/mol. The molecule has 2 atom stereocenters. The number of hydrogen-bond acceptors (Lipinski definition) is 2. The van der Waals surface area contributed by atoms with Crippen LogP contribution in [0.4, 0.5) is 32.0 Å². The van der Waals surface area contributed by atoms with E-state index in [1.165, 1.54) is 17.4 Å². The summed E-state index contributed by atoms with van der Waals surface area (Å²) in [4.78, 5) is 24.4. The van der Waals surface area contributed by atoms with Gasteiger partial charge in [-0.1, -0.05) is 17.7 Å². The largest absolute Gasteiger partial charge is 0.405 e. The molecule has 4 nitrogen and oxygen atoms in total. The van der Waals surface area contributed by atoms with Crippen molar-refractivity contribution in [2.75, 3.05) is 11.9 Å². The molecule has 0 saturated heterocycles. The van der Waals surface area contributed by atoms with E-state index in [1.807, 2.05) is 0 Å². The molecule has 0 unspecified atom stereocenters. The normalized spacial score (nSPS) is 19.4. The van der Waals surface area contributed by atoms with Gasteiger partial charge in [-0.15, -0.1) is 23.2 Å². The van der Waals surface area contributed by atoms with Crippen molar-refractivity contribution in [2.45, 2.75) is 16.4 Å². The maximum atomic E-state index is 13.9. The zero-order valence-corrected chi connectivity index (χ0v) is 17.7. The van der Waals surface area contributed by atoms with Crippen LogP contribution in [-0.2, 0) is 4.79 Å². The highest BCUT2D eigenvalue weighted by atomic mass is 35.5. The van der Waals surface area contributed by atoms with Gasteiger partial charge in [-0.2, -0.15) is 13.2 Å². The van der Waals surface area contributed by atoms with Crippen molar-refractivity contribution in [1.82, 2.24) is 5.32 Å². The summed E-state index contributed by atoms with van der Waals surface area (Å²) in [7, 11) is 0. The molecule has 0 spiro atoms. The second-order valence-electron chi connectivity index (χ2n) is 6.91. The van der Waals surface area contributed by atoms with E-state index in [9.17, 15) is 35.9 Å². The van der Waals surface area contributed by atoms with Crippen LogP contribution < -0.4 is 10.6 Å². The molecule has 0 aliphatic heterocycles. The van der Waals surface area contributed by atoms with Crippen LogP contribution in [0, 0.1) is 23.4 Å². The fraction of sp³-hybridized carbons (Fsp3) is 0.263. The van der Waals surface area contributed by atoms with Crippen LogP contribution in [0.15, 0.2) is 30.3 Å². The number of benzene rings is 2. The van der Waals surface area contributed by atoms with Gasteiger partial charge >= 0.3 is 6.18 Å². The summed E-state index contributed by atoms with van der Waals surface area (Å²) in [6.45, 7) is -1.77. The molecular formula is C19H11Cl3F6N2O2. The molecular weight excluding hydrogens is 509 g/mol. The average Bonchev–Trinajstić information content (AvgIpc) is 3.26. The van der Waals surface area contributed by atoms with E-state index >= 15 is 0 Å². The zero-order valence-electron chi connectivity index (χ0n) is 15.5. The molecule has 0 bridgehead atoms. The number of carbonyl (C=O) groups is 2. The minimum Gasteiger partial charge on any atom is -0.343 e. The first kappa shape index (κ1) is 24.5. The summed E-state index contributed by atoms with van der Waals surface area (Å²) < 4.78 is 76.3. The highest BCUT2D eigenvalue weighted by Crippen LogP contribution is 2.65. The van der Waals surface area contributed by atoms with Crippen molar-refractivity contribution >= 4 is 52.3 Å². The predicted molar refractivity (Wildman–Crippen MR) is 105 cm³/mol. The molecule has 2 aromatic rings. The van der Waals surface area contributed by atoms with Gasteiger partial charge < -0.3 is 10.6 Å². The molecule has 0 radical (unpaired) electrons. The standard InChI is InChI=1S/C19H11Cl3F6N2O2/c20-10-3-7(1-2-11(10)23)13-14(19(13,21)22)17(32)30-8-4-9(15(25)12(24)5-8)16(31)29-6-18(26,27)28/h1-5,13-14H,6H2,(H,29,31)(H,30,32)/t13-,14+/m0/s1. The van der Waals surface area contributed by atoms with Gasteiger partial charge in [0.05, 0.1) is 16.5 Å². The number of amides is 2. The van der Waals surface area contributed by atoms with E-state index < -0.39 is 69.4 Å². The number of halogens is 9. The minimum absolute atomic E-state index is 0.229. The third-order valence-electron chi connectivity index (χ3n) is 4.63. The third-order valence-corrected chi connectivity index (χ3v) is 5.86. The van der Waals surface area contributed by atoms with Crippen LogP contribution in [0.25, 0.3) is 0 Å². The van der Waals surface area contributed by atoms with Gasteiger partial charge in [0, 0.05) is 17.7 Å². The first-order valence-corrected chi connectivity index (χ1v) is 9.83. The number of rotatable bonds is 5. The fourth-order valence-corrected chi connectivity index (χ4v) is 4.11. The van der Waals surface area contributed by atoms with Gasteiger partial charge in [0.25, 0.3) is 5.91 Å². The van der Waals surface area contributed by atoms with E-state index in [4.69, 9.17) is 34.8 Å². The first-order valence-electron chi connectivity index (χ1n) is 8.70. The summed E-state index contributed by atoms with van der Waals surface area (Å²) in [6, 6.07) is 4.80. The molecule has 32 heavy (non-hydrogen) atoms. The Morgan fingerprint density at radius 1 is 1.03 bits per heavy atom. The van der Waals surface area contributed by atoms with Crippen molar-refractivity contribution in [3.05, 3.63) is 63.9 Å². The Kier molecular flexibility index (Phi) is 6.61. The van der Waals surface area contributed by atoms with Gasteiger partial charge in [0.1, 0.15) is 16.7 Å². The van der Waals surface area contributed by atoms with Crippen molar-refractivity contribution in [2.24, 2.45) is 5.92 Å². The molecule has 1 saturated carbocycles. The Morgan fingerprint density at radius 2 is 1.69 bits per heavy atom. The summed E-state index contributed by atoms with van der Waals surface area (Å²) in [5.41, 5.74) is -1.12. The Balaban J connectivity index is 1.79.